The molecule has 0 aromatic heterocycles. The van der Waals surface area contributed by atoms with Crippen molar-refractivity contribution in [3.63, 3.8) is 0 Å². The zero-order chi connectivity index (χ0) is 12.8. The fourth-order valence-electron chi connectivity index (χ4n) is 1.18. The Kier molecular flexibility index (Phi) is 5.25. The second-order valence-corrected chi connectivity index (χ2v) is 4.28. The van der Waals surface area contributed by atoms with Gasteiger partial charge in [-0.2, -0.15) is 0 Å². The summed E-state index contributed by atoms with van der Waals surface area (Å²) in [6.07, 6.45) is -0.568. The molecule has 1 amide bonds. The average Bonchev–Trinajstić information content (AvgIpc) is 2.27. The Balaban J connectivity index is 2.44. The molecule has 0 saturated carbocycles. The number of rotatable bonds is 5. The van der Waals surface area contributed by atoms with Crippen molar-refractivity contribution in [3.8, 4) is 5.75 Å². The molecule has 0 radical (unpaired) electrons. The van der Waals surface area contributed by atoms with Crippen LogP contribution in [-0.4, -0.2) is 30.3 Å². The first-order valence-corrected chi connectivity index (χ1v) is 5.70. The molecular formula is C12H16ClNO3. The lowest BCUT2D eigenvalue weighted by Crippen LogP contribution is -2.34. The number of halogens is 1. The average molecular weight is 258 g/mol. The van der Waals surface area contributed by atoms with Crippen LogP contribution in [0.5, 0.6) is 5.75 Å². The Labute approximate surface area is 106 Å². The normalized spacial score (nSPS) is 12.0. The number of carbonyl (C=O) groups excluding carboxylic acids is 1. The first kappa shape index (κ1) is 13.8. The van der Waals surface area contributed by atoms with E-state index in [0.29, 0.717) is 10.8 Å². The van der Waals surface area contributed by atoms with Gasteiger partial charge in [-0.3, -0.25) is 4.79 Å². The minimum absolute atomic E-state index is 0.115. The van der Waals surface area contributed by atoms with E-state index in [2.05, 4.69) is 5.32 Å². The van der Waals surface area contributed by atoms with Gasteiger partial charge in [0.15, 0.2) is 6.61 Å². The van der Waals surface area contributed by atoms with Crippen molar-refractivity contribution < 1.29 is 14.6 Å². The molecule has 0 bridgehead atoms. The molecule has 17 heavy (non-hydrogen) atoms. The third kappa shape index (κ3) is 5.06. The SMILES string of the molecule is Cc1ccc(Cl)c(OCC(=O)NCC(C)O)c1. The Morgan fingerprint density at radius 1 is 1.59 bits per heavy atom. The van der Waals surface area contributed by atoms with Crippen LogP contribution in [0.4, 0.5) is 0 Å². The van der Waals surface area contributed by atoms with Crippen LogP contribution in [0.1, 0.15) is 12.5 Å². The van der Waals surface area contributed by atoms with Crippen LogP contribution in [0.2, 0.25) is 5.02 Å². The third-order valence-corrected chi connectivity index (χ3v) is 2.35. The van der Waals surface area contributed by atoms with Crippen molar-refractivity contribution in [2.24, 2.45) is 0 Å². The van der Waals surface area contributed by atoms with Gasteiger partial charge in [-0.05, 0) is 31.5 Å². The first-order chi connectivity index (χ1) is 7.99. The minimum Gasteiger partial charge on any atom is -0.482 e. The number of hydrogen-bond acceptors (Lipinski definition) is 3. The summed E-state index contributed by atoms with van der Waals surface area (Å²) < 4.78 is 5.29. The molecule has 0 fully saturated rings. The molecule has 4 nitrogen and oxygen atoms in total. The molecular weight excluding hydrogens is 242 g/mol. The van der Waals surface area contributed by atoms with Crippen LogP contribution in [0.3, 0.4) is 0 Å². The van der Waals surface area contributed by atoms with Gasteiger partial charge in [-0.1, -0.05) is 17.7 Å². The van der Waals surface area contributed by atoms with Gasteiger partial charge < -0.3 is 15.2 Å². The van der Waals surface area contributed by atoms with Gasteiger partial charge in [0.2, 0.25) is 0 Å². The zero-order valence-corrected chi connectivity index (χ0v) is 10.6. The molecule has 0 saturated heterocycles. The quantitative estimate of drug-likeness (QED) is 0.841. The lowest BCUT2D eigenvalue weighted by atomic mass is 10.2. The highest BCUT2D eigenvalue weighted by Crippen LogP contribution is 2.24. The summed E-state index contributed by atoms with van der Waals surface area (Å²) in [6.45, 7) is 3.61. The molecule has 0 aliphatic rings. The highest BCUT2D eigenvalue weighted by Gasteiger charge is 2.06. The number of nitrogens with one attached hydrogen (secondary N) is 1. The molecule has 5 heteroatoms. The zero-order valence-electron chi connectivity index (χ0n) is 9.87. The van der Waals surface area contributed by atoms with E-state index < -0.39 is 6.10 Å². The maximum absolute atomic E-state index is 11.3. The van der Waals surface area contributed by atoms with Gasteiger partial charge in [-0.15, -0.1) is 0 Å². The lowest BCUT2D eigenvalue weighted by molar-refractivity contribution is -0.123. The molecule has 0 spiro atoms. The summed E-state index contributed by atoms with van der Waals surface area (Å²) in [6, 6.07) is 5.35. The summed E-state index contributed by atoms with van der Waals surface area (Å²) in [7, 11) is 0. The van der Waals surface area contributed by atoms with Crippen LogP contribution in [0.15, 0.2) is 18.2 Å². The van der Waals surface area contributed by atoms with Crippen molar-refractivity contribution in [2.75, 3.05) is 13.2 Å². The summed E-state index contributed by atoms with van der Waals surface area (Å²) >= 11 is 5.91. The molecule has 0 heterocycles. The van der Waals surface area contributed by atoms with E-state index in [1.807, 2.05) is 13.0 Å². The number of benzene rings is 1. The number of carbonyl (C=O) groups is 1. The van der Waals surface area contributed by atoms with Crippen LogP contribution >= 0.6 is 11.6 Å². The van der Waals surface area contributed by atoms with Crippen LogP contribution < -0.4 is 10.1 Å². The van der Waals surface area contributed by atoms with E-state index in [1.54, 1.807) is 19.1 Å². The predicted octanol–water partition coefficient (Wildman–Crippen LogP) is 1.52. The Bertz CT molecular complexity index is 393. The lowest BCUT2D eigenvalue weighted by Gasteiger charge is -2.10. The van der Waals surface area contributed by atoms with Gasteiger partial charge >= 0.3 is 0 Å². The third-order valence-electron chi connectivity index (χ3n) is 2.04. The van der Waals surface area contributed by atoms with E-state index in [4.69, 9.17) is 21.4 Å². The van der Waals surface area contributed by atoms with E-state index in [-0.39, 0.29) is 19.1 Å². The Morgan fingerprint density at radius 2 is 2.29 bits per heavy atom. The van der Waals surface area contributed by atoms with Crippen molar-refractivity contribution in [1.82, 2.24) is 5.32 Å². The number of hydrogen-bond donors (Lipinski definition) is 2. The van der Waals surface area contributed by atoms with E-state index in [0.717, 1.165) is 5.56 Å². The van der Waals surface area contributed by atoms with Gasteiger partial charge in [0.05, 0.1) is 11.1 Å². The topological polar surface area (TPSA) is 58.6 Å². The van der Waals surface area contributed by atoms with E-state index >= 15 is 0 Å². The number of aliphatic hydroxyl groups excluding tert-OH is 1. The highest BCUT2D eigenvalue weighted by molar-refractivity contribution is 6.32. The van der Waals surface area contributed by atoms with Crippen molar-refractivity contribution in [2.45, 2.75) is 20.0 Å². The molecule has 1 aromatic rings. The monoisotopic (exact) mass is 257 g/mol. The number of aliphatic hydroxyl groups is 1. The van der Waals surface area contributed by atoms with Crippen molar-refractivity contribution in [3.05, 3.63) is 28.8 Å². The molecule has 0 aliphatic heterocycles. The largest absolute Gasteiger partial charge is 0.482 e. The Hall–Kier alpha value is -1.26. The summed E-state index contributed by atoms with van der Waals surface area (Å²) in [5.41, 5.74) is 1.01. The standard InChI is InChI=1S/C12H16ClNO3/c1-8-3-4-10(13)11(5-8)17-7-12(16)14-6-9(2)15/h3-5,9,15H,6-7H2,1-2H3,(H,14,16). The number of ether oxygens (including phenoxy) is 1. The highest BCUT2D eigenvalue weighted by atomic mass is 35.5. The molecule has 2 N–H and O–H groups in total. The first-order valence-electron chi connectivity index (χ1n) is 5.32. The fraction of sp³-hybridized carbons (Fsp3) is 0.417. The van der Waals surface area contributed by atoms with Crippen LogP contribution in [0, 0.1) is 6.92 Å². The number of amides is 1. The van der Waals surface area contributed by atoms with E-state index in [1.165, 1.54) is 0 Å². The molecule has 1 unspecified atom stereocenters. The molecule has 1 rings (SSSR count). The minimum atomic E-state index is -0.568. The molecule has 1 atom stereocenters. The molecule has 0 aliphatic carbocycles. The molecule has 94 valence electrons. The van der Waals surface area contributed by atoms with Crippen molar-refractivity contribution >= 4 is 17.5 Å². The van der Waals surface area contributed by atoms with Crippen LogP contribution in [-0.2, 0) is 4.79 Å². The summed E-state index contributed by atoms with van der Waals surface area (Å²) in [5, 5.41) is 12.0. The van der Waals surface area contributed by atoms with Gasteiger partial charge in [0.25, 0.3) is 5.91 Å². The maximum Gasteiger partial charge on any atom is 0.258 e. The predicted molar refractivity (Wildman–Crippen MR) is 66.4 cm³/mol. The van der Waals surface area contributed by atoms with Gasteiger partial charge in [0, 0.05) is 6.54 Å². The number of aryl methyl sites for hydroxylation is 1. The van der Waals surface area contributed by atoms with Crippen LogP contribution in [0.25, 0.3) is 0 Å². The summed E-state index contributed by atoms with van der Waals surface area (Å²) in [4.78, 5) is 11.3. The maximum atomic E-state index is 11.3. The second kappa shape index (κ2) is 6.47. The molecule has 1 aromatic carbocycles. The fourth-order valence-corrected chi connectivity index (χ4v) is 1.35. The summed E-state index contributed by atoms with van der Waals surface area (Å²) in [5.74, 6) is 0.197. The Morgan fingerprint density at radius 3 is 2.94 bits per heavy atom. The van der Waals surface area contributed by atoms with E-state index in [9.17, 15) is 4.79 Å². The van der Waals surface area contributed by atoms with Crippen molar-refractivity contribution in [1.29, 1.82) is 0 Å². The smallest absolute Gasteiger partial charge is 0.258 e. The second-order valence-electron chi connectivity index (χ2n) is 3.88. The van der Waals surface area contributed by atoms with Gasteiger partial charge in [0.1, 0.15) is 5.75 Å². The van der Waals surface area contributed by atoms with Gasteiger partial charge in [-0.25, -0.2) is 0 Å².